The second-order valence-corrected chi connectivity index (χ2v) is 3.15. The number of aryl methyl sites for hydroxylation is 1. The molecular formula is C11H16FN. The number of hydrogen-bond acceptors (Lipinski definition) is 1. The Morgan fingerprint density at radius 2 is 1.54 bits per heavy atom. The Morgan fingerprint density at radius 1 is 1.00 bits per heavy atom. The van der Waals surface area contributed by atoms with Crippen LogP contribution in [0, 0.1) is 0 Å². The number of nitrogens with two attached hydrogens (primary N) is 1. The van der Waals surface area contributed by atoms with E-state index in [1.54, 1.807) is 0 Å². The molecule has 0 heterocycles. The summed E-state index contributed by atoms with van der Waals surface area (Å²) in [6.07, 6.45) is 2.37. The summed E-state index contributed by atoms with van der Waals surface area (Å²) in [7, 11) is 0. The van der Waals surface area contributed by atoms with E-state index < -0.39 is 0 Å². The fraction of sp³-hybridized carbons (Fsp3) is 0.455. The molecule has 1 nitrogen and oxygen atoms in total. The van der Waals surface area contributed by atoms with Gasteiger partial charge in [-0.05, 0) is 36.9 Å². The van der Waals surface area contributed by atoms with E-state index in [9.17, 15) is 4.39 Å². The smallest absolute Gasteiger partial charge is 0.0897 e. The summed E-state index contributed by atoms with van der Waals surface area (Å²) in [5.41, 5.74) is 7.89. The fourth-order valence-corrected chi connectivity index (χ4v) is 1.31. The average Bonchev–Trinajstić information content (AvgIpc) is 2.17. The van der Waals surface area contributed by atoms with Gasteiger partial charge in [-0.15, -0.1) is 0 Å². The van der Waals surface area contributed by atoms with Crippen LogP contribution in [0.3, 0.4) is 0 Å². The molecule has 0 amide bonds. The van der Waals surface area contributed by atoms with Crippen molar-refractivity contribution in [3.05, 3.63) is 35.4 Å². The Labute approximate surface area is 78.8 Å². The van der Waals surface area contributed by atoms with E-state index in [-0.39, 0.29) is 6.67 Å². The lowest BCUT2D eigenvalue weighted by molar-refractivity contribution is 0.473. The van der Waals surface area contributed by atoms with Crippen LogP contribution in [-0.2, 0) is 12.8 Å². The van der Waals surface area contributed by atoms with E-state index in [4.69, 9.17) is 5.73 Å². The molecule has 0 saturated carbocycles. The molecule has 1 aromatic rings. The van der Waals surface area contributed by atoms with Crippen molar-refractivity contribution in [3.63, 3.8) is 0 Å². The summed E-state index contributed by atoms with van der Waals surface area (Å²) in [5, 5.41) is 0. The minimum absolute atomic E-state index is 0.232. The quantitative estimate of drug-likeness (QED) is 0.739. The Morgan fingerprint density at radius 3 is 2.00 bits per heavy atom. The molecule has 1 rings (SSSR count). The molecule has 0 atom stereocenters. The van der Waals surface area contributed by atoms with Crippen LogP contribution in [-0.4, -0.2) is 13.2 Å². The monoisotopic (exact) mass is 181 g/mol. The van der Waals surface area contributed by atoms with E-state index in [1.807, 2.05) is 0 Å². The second kappa shape index (κ2) is 5.70. The third-order valence-corrected chi connectivity index (χ3v) is 2.06. The number of benzene rings is 1. The van der Waals surface area contributed by atoms with Crippen LogP contribution in [0.4, 0.5) is 4.39 Å². The Balaban J connectivity index is 2.48. The van der Waals surface area contributed by atoms with Gasteiger partial charge >= 0.3 is 0 Å². The number of halogens is 1. The molecule has 0 unspecified atom stereocenters. The van der Waals surface area contributed by atoms with E-state index in [0.717, 1.165) is 12.8 Å². The molecule has 0 bridgehead atoms. The number of hydrogen-bond donors (Lipinski definition) is 1. The number of alkyl halides is 1. The SMILES string of the molecule is NCCc1ccc(CCCF)cc1. The lowest BCUT2D eigenvalue weighted by atomic mass is 10.1. The van der Waals surface area contributed by atoms with Gasteiger partial charge < -0.3 is 5.73 Å². The van der Waals surface area contributed by atoms with Gasteiger partial charge in [-0.1, -0.05) is 24.3 Å². The Hall–Kier alpha value is -0.890. The maximum atomic E-state index is 11.9. The van der Waals surface area contributed by atoms with Crippen molar-refractivity contribution in [1.82, 2.24) is 0 Å². The van der Waals surface area contributed by atoms with E-state index >= 15 is 0 Å². The average molecular weight is 181 g/mol. The molecule has 0 saturated heterocycles. The molecule has 0 fully saturated rings. The Kier molecular flexibility index (Phi) is 4.47. The maximum absolute atomic E-state index is 11.9. The molecule has 2 N–H and O–H groups in total. The van der Waals surface area contributed by atoms with Crippen LogP contribution in [0.25, 0.3) is 0 Å². The lowest BCUT2D eigenvalue weighted by Crippen LogP contribution is -2.02. The molecule has 1 aromatic carbocycles. The summed E-state index contributed by atoms with van der Waals surface area (Å²) in [4.78, 5) is 0. The zero-order valence-corrected chi connectivity index (χ0v) is 7.80. The zero-order valence-electron chi connectivity index (χ0n) is 7.80. The largest absolute Gasteiger partial charge is 0.330 e. The highest BCUT2D eigenvalue weighted by Crippen LogP contribution is 2.07. The molecule has 0 spiro atoms. The molecule has 13 heavy (non-hydrogen) atoms. The molecule has 0 aliphatic heterocycles. The van der Waals surface area contributed by atoms with E-state index in [1.165, 1.54) is 11.1 Å². The van der Waals surface area contributed by atoms with Crippen molar-refractivity contribution in [2.75, 3.05) is 13.2 Å². The van der Waals surface area contributed by atoms with Gasteiger partial charge in [0.25, 0.3) is 0 Å². The van der Waals surface area contributed by atoms with Gasteiger partial charge in [0.1, 0.15) is 0 Å². The van der Waals surface area contributed by atoms with Gasteiger partial charge in [-0.2, -0.15) is 0 Å². The number of rotatable bonds is 5. The molecule has 0 radical (unpaired) electrons. The van der Waals surface area contributed by atoms with E-state index in [0.29, 0.717) is 13.0 Å². The molecule has 2 heteroatoms. The zero-order chi connectivity index (χ0) is 9.52. The topological polar surface area (TPSA) is 26.0 Å². The van der Waals surface area contributed by atoms with Crippen LogP contribution in [0.2, 0.25) is 0 Å². The summed E-state index contributed by atoms with van der Waals surface area (Å²) in [6, 6.07) is 8.25. The third kappa shape index (κ3) is 3.55. The van der Waals surface area contributed by atoms with Gasteiger partial charge in [0, 0.05) is 0 Å². The first-order chi connectivity index (χ1) is 6.36. The molecule has 0 aromatic heterocycles. The van der Waals surface area contributed by atoms with Crippen molar-refractivity contribution in [2.24, 2.45) is 5.73 Å². The summed E-state index contributed by atoms with van der Waals surface area (Å²) >= 11 is 0. The maximum Gasteiger partial charge on any atom is 0.0897 e. The lowest BCUT2D eigenvalue weighted by Gasteiger charge is -2.01. The molecule has 0 aliphatic rings. The third-order valence-electron chi connectivity index (χ3n) is 2.06. The fourth-order valence-electron chi connectivity index (χ4n) is 1.31. The standard InChI is InChI=1S/C11H16FN/c12-8-1-2-10-3-5-11(6-4-10)7-9-13/h3-6H,1-2,7-9,13H2. The van der Waals surface area contributed by atoms with Gasteiger partial charge in [-0.3, -0.25) is 4.39 Å². The first-order valence-corrected chi connectivity index (χ1v) is 4.70. The Bertz CT molecular complexity index is 230. The minimum atomic E-state index is -0.232. The highest BCUT2D eigenvalue weighted by Gasteiger charge is 1.94. The summed E-state index contributed by atoms with van der Waals surface area (Å²) < 4.78 is 11.9. The highest BCUT2D eigenvalue weighted by molar-refractivity contribution is 5.22. The van der Waals surface area contributed by atoms with Gasteiger partial charge in [-0.25, -0.2) is 0 Å². The predicted molar refractivity (Wildman–Crippen MR) is 53.5 cm³/mol. The highest BCUT2D eigenvalue weighted by atomic mass is 19.1. The summed E-state index contributed by atoms with van der Waals surface area (Å²) in [5.74, 6) is 0. The van der Waals surface area contributed by atoms with Gasteiger partial charge in [0.15, 0.2) is 0 Å². The van der Waals surface area contributed by atoms with Crippen molar-refractivity contribution in [1.29, 1.82) is 0 Å². The van der Waals surface area contributed by atoms with Crippen LogP contribution in [0.5, 0.6) is 0 Å². The first-order valence-electron chi connectivity index (χ1n) is 4.70. The van der Waals surface area contributed by atoms with Crippen molar-refractivity contribution in [3.8, 4) is 0 Å². The predicted octanol–water partition coefficient (Wildman–Crippen LogP) is 2.09. The van der Waals surface area contributed by atoms with Crippen molar-refractivity contribution >= 4 is 0 Å². The van der Waals surface area contributed by atoms with Crippen LogP contribution < -0.4 is 5.73 Å². The van der Waals surface area contributed by atoms with Crippen LogP contribution >= 0.6 is 0 Å². The molecular weight excluding hydrogens is 165 g/mol. The van der Waals surface area contributed by atoms with Gasteiger partial charge in [0.05, 0.1) is 6.67 Å². The van der Waals surface area contributed by atoms with Crippen molar-refractivity contribution in [2.45, 2.75) is 19.3 Å². The normalized spacial score (nSPS) is 10.3. The first kappa shape index (κ1) is 10.2. The molecule has 72 valence electrons. The van der Waals surface area contributed by atoms with Gasteiger partial charge in [0.2, 0.25) is 0 Å². The van der Waals surface area contributed by atoms with Crippen LogP contribution in [0.15, 0.2) is 24.3 Å². The summed E-state index contributed by atoms with van der Waals surface area (Å²) in [6.45, 7) is 0.453. The molecule has 0 aliphatic carbocycles. The minimum Gasteiger partial charge on any atom is -0.330 e. The second-order valence-electron chi connectivity index (χ2n) is 3.15. The van der Waals surface area contributed by atoms with Crippen molar-refractivity contribution < 1.29 is 4.39 Å². The van der Waals surface area contributed by atoms with E-state index in [2.05, 4.69) is 24.3 Å². The van der Waals surface area contributed by atoms with Crippen LogP contribution in [0.1, 0.15) is 17.5 Å².